The van der Waals surface area contributed by atoms with Crippen LogP contribution in [-0.4, -0.2) is 67.6 Å². The van der Waals surface area contributed by atoms with E-state index in [4.69, 9.17) is 4.74 Å². The van der Waals surface area contributed by atoms with Crippen LogP contribution in [0.4, 0.5) is 5.69 Å². The topological polar surface area (TPSA) is 65.1 Å². The molecular formula is C34H50N4O3. The first kappa shape index (κ1) is 31.2. The molecule has 0 atom stereocenters. The van der Waals surface area contributed by atoms with E-state index in [-0.39, 0.29) is 11.8 Å². The number of nitrogens with one attached hydrogen (secondary N) is 1. The minimum absolute atomic E-state index is 0.0613. The number of hydrogen-bond donors (Lipinski definition) is 1. The number of carbonyl (C=O) groups is 2. The monoisotopic (exact) mass is 562 g/mol. The van der Waals surface area contributed by atoms with Crippen molar-refractivity contribution in [1.29, 1.82) is 0 Å². The van der Waals surface area contributed by atoms with Crippen LogP contribution in [0.25, 0.3) is 0 Å². The predicted octanol–water partition coefficient (Wildman–Crippen LogP) is 5.61. The number of ether oxygens (including phenoxy) is 1. The summed E-state index contributed by atoms with van der Waals surface area (Å²) in [5.41, 5.74) is 5.00. The third-order valence-corrected chi connectivity index (χ3v) is 8.24. The van der Waals surface area contributed by atoms with Gasteiger partial charge in [-0.3, -0.25) is 19.4 Å². The normalized spacial score (nSPS) is 17.9. The van der Waals surface area contributed by atoms with E-state index >= 15 is 0 Å². The van der Waals surface area contributed by atoms with Crippen LogP contribution in [0.3, 0.4) is 0 Å². The summed E-state index contributed by atoms with van der Waals surface area (Å²) in [5.74, 6) is 0.612. The molecule has 2 aromatic rings. The van der Waals surface area contributed by atoms with E-state index in [1.165, 1.54) is 24.8 Å². The van der Waals surface area contributed by atoms with E-state index < -0.39 is 0 Å². The molecule has 1 saturated heterocycles. The number of amides is 2. The molecule has 0 radical (unpaired) electrons. The van der Waals surface area contributed by atoms with Crippen LogP contribution < -0.4 is 10.2 Å². The maximum absolute atomic E-state index is 13.4. The lowest BCUT2D eigenvalue weighted by atomic mass is 10.0. The highest BCUT2D eigenvalue weighted by Crippen LogP contribution is 2.26. The second-order valence-corrected chi connectivity index (χ2v) is 12.1. The summed E-state index contributed by atoms with van der Waals surface area (Å²) in [6, 6.07) is 14.4. The minimum Gasteiger partial charge on any atom is -0.379 e. The molecule has 2 aromatic carbocycles. The van der Waals surface area contributed by atoms with Gasteiger partial charge in [0.25, 0.3) is 5.91 Å². The first-order valence-electron chi connectivity index (χ1n) is 15.7. The van der Waals surface area contributed by atoms with Gasteiger partial charge < -0.3 is 15.0 Å². The molecule has 0 spiro atoms. The van der Waals surface area contributed by atoms with Crippen LogP contribution >= 0.6 is 0 Å². The number of rotatable bonds is 8. The molecule has 7 nitrogen and oxygen atoms in total. The zero-order valence-corrected chi connectivity index (χ0v) is 25.5. The zero-order valence-electron chi connectivity index (χ0n) is 25.5. The number of hydrogen-bond acceptors (Lipinski definition) is 5. The third kappa shape index (κ3) is 9.94. The summed E-state index contributed by atoms with van der Waals surface area (Å²) in [6.45, 7) is 14.6. The molecule has 1 fully saturated rings. The van der Waals surface area contributed by atoms with Gasteiger partial charge in [-0.2, -0.15) is 0 Å². The van der Waals surface area contributed by atoms with Gasteiger partial charge in [0.1, 0.15) is 0 Å². The van der Waals surface area contributed by atoms with Crippen LogP contribution in [0, 0.1) is 5.92 Å². The Morgan fingerprint density at radius 1 is 0.878 bits per heavy atom. The Bertz CT molecular complexity index is 1130. The fourth-order valence-corrected chi connectivity index (χ4v) is 5.79. The van der Waals surface area contributed by atoms with Crippen LogP contribution in [0.15, 0.2) is 42.5 Å². The Morgan fingerprint density at radius 2 is 1.61 bits per heavy atom. The number of morpholine rings is 1. The number of carbonyl (C=O) groups excluding carboxylic acids is 2. The fourth-order valence-electron chi connectivity index (χ4n) is 5.79. The smallest absolute Gasteiger partial charge is 0.251 e. The second kappa shape index (κ2) is 16.0. The highest BCUT2D eigenvalue weighted by atomic mass is 16.5. The van der Waals surface area contributed by atoms with Gasteiger partial charge in [0, 0.05) is 57.4 Å². The van der Waals surface area contributed by atoms with E-state index in [9.17, 15) is 9.59 Å². The third-order valence-electron chi connectivity index (χ3n) is 8.24. The van der Waals surface area contributed by atoms with Gasteiger partial charge in [-0.15, -0.1) is 0 Å². The van der Waals surface area contributed by atoms with Crippen LogP contribution in [0.1, 0.15) is 86.3 Å². The molecule has 2 aliphatic heterocycles. The van der Waals surface area contributed by atoms with Crippen LogP contribution in [0.2, 0.25) is 0 Å². The lowest BCUT2D eigenvalue weighted by molar-refractivity contribution is -0.116. The van der Waals surface area contributed by atoms with Crippen molar-refractivity contribution in [2.75, 3.05) is 50.8 Å². The number of nitrogens with zero attached hydrogens (tertiary/aromatic N) is 3. The van der Waals surface area contributed by atoms with E-state index in [1.807, 2.05) is 23.1 Å². The Hall–Kier alpha value is -2.74. The van der Waals surface area contributed by atoms with Crippen molar-refractivity contribution in [3.63, 3.8) is 0 Å². The molecule has 7 heteroatoms. The molecule has 0 aromatic heterocycles. The lowest BCUT2D eigenvalue weighted by Gasteiger charge is -2.29. The highest BCUT2D eigenvalue weighted by Gasteiger charge is 2.20. The Labute approximate surface area is 247 Å². The van der Waals surface area contributed by atoms with Crippen molar-refractivity contribution in [3.8, 4) is 0 Å². The largest absolute Gasteiger partial charge is 0.379 e. The predicted molar refractivity (Wildman–Crippen MR) is 166 cm³/mol. The first-order chi connectivity index (χ1) is 19.9. The maximum atomic E-state index is 13.4. The van der Waals surface area contributed by atoms with E-state index in [2.05, 4.69) is 53.2 Å². The molecule has 2 amide bonds. The van der Waals surface area contributed by atoms with Crippen LogP contribution in [0.5, 0.6) is 0 Å². The molecule has 41 heavy (non-hydrogen) atoms. The molecule has 0 unspecified atom stereocenters. The van der Waals surface area contributed by atoms with E-state index in [0.717, 1.165) is 95.1 Å². The average Bonchev–Trinajstić information content (AvgIpc) is 2.96. The zero-order chi connectivity index (χ0) is 29.0. The first-order valence-corrected chi connectivity index (χ1v) is 15.7. The number of benzene rings is 2. The SMILES string of the molecule is CC(=O)N1CCCCCCCN(CCC(C)C)Cc2cc(C(=O)NCc3cccc(CN4CCOCC4)c3)ccc21. The summed E-state index contributed by atoms with van der Waals surface area (Å²) < 4.78 is 5.47. The van der Waals surface area contributed by atoms with E-state index in [1.54, 1.807) is 6.92 Å². The second-order valence-electron chi connectivity index (χ2n) is 12.1. The molecule has 0 saturated carbocycles. The summed E-state index contributed by atoms with van der Waals surface area (Å²) in [6.07, 6.45) is 6.90. The quantitative estimate of drug-likeness (QED) is 0.453. The summed E-state index contributed by atoms with van der Waals surface area (Å²) in [4.78, 5) is 32.9. The van der Waals surface area contributed by atoms with Gasteiger partial charge in [0.05, 0.1) is 13.2 Å². The highest BCUT2D eigenvalue weighted by molar-refractivity contribution is 5.97. The van der Waals surface area contributed by atoms with Gasteiger partial charge >= 0.3 is 0 Å². The van der Waals surface area contributed by atoms with Crippen molar-refractivity contribution in [3.05, 3.63) is 64.7 Å². The molecule has 2 aliphatic rings. The van der Waals surface area contributed by atoms with Gasteiger partial charge in [-0.05, 0) is 73.2 Å². The number of anilines is 1. The number of fused-ring (bicyclic) bond motifs is 1. The van der Waals surface area contributed by atoms with Crippen molar-refractivity contribution in [1.82, 2.24) is 15.1 Å². The van der Waals surface area contributed by atoms with Crippen molar-refractivity contribution in [2.45, 2.75) is 78.9 Å². The molecule has 0 aliphatic carbocycles. The Balaban J connectivity index is 1.49. The lowest BCUT2D eigenvalue weighted by Crippen LogP contribution is -2.35. The van der Waals surface area contributed by atoms with Gasteiger partial charge in [0.15, 0.2) is 0 Å². The molecule has 224 valence electrons. The van der Waals surface area contributed by atoms with Crippen molar-refractivity contribution < 1.29 is 14.3 Å². The maximum Gasteiger partial charge on any atom is 0.251 e. The summed E-state index contributed by atoms with van der Waals surface area (Å²) in [7, 11) is 0. The molecular weight excluding hydrogens is 512 g/mol. The Morgan fingerprint density at radius 3 is 2.37 bits per heavy atom. The standard InChI is InChI=1S/C34H50N4O3/c1-27(2)14-17-36-15-7-5-4-6-8-16-38(28(3)39)33-13-12-31(23-32(33)26-36)34(40)35-24-29-10-9-11-30(22-29)25-37-18-20-41-21-19-37/h9-13,22-23,27H,4-8,14-21,24-26H2,1-3H3,(H,35,40). The summed E-state index contributed by atoms with van der Waals surface area (Å²) in [5, 5.41) is 3.14. The van der Waals surface area contributed by atoms with Gasteiger partial charge in [-0.1, -0.05) is 57.4 Å². The molecule has 2 heterocycles. The van der Waals surface area contributed by atoms with E-state index in [0.29, 0.717) is 18.0 Å². The van der Waals surface area contributed by atoms with Crippen LogP contribution in [-0.2, 0) is 29.2 Å². The summed E-state index contributed by atoms with van der Waals surface area (Å²) >= 11 is 0. The average molecular weight is 563 g/mol. The van der Waals surface area contributed by atoms with Gasteiger partial charge in [-0.25, -0.2) is 0 Å². The molecule has 4 rings (SSSR count). The Kier molecular flexibility index (Phi) is 12.2. The molecule has 1 N–H and O–H groups in total. The molecule has 0 bridgehead atoms. The fraction of sp³-hybridized carbons (Fsp3) is 0.588. The minimum atomic E-state index is -0.0828. The van der Waals surface area contributed by atoms with Gasteiger partial charge in [0.2, 0.25) is 5.91 Å². The van der Waals surface area contributed by atoms with Crippen molar-refractivity contribution in [2.24, 2.45) is 5.92 Å². The van der Waals surface area contributed by atoms with Crippen molar-refractivity contribution >= 4 is 17.5 Å².